The molecular weight excluding hydrogens is 293 g/mol. The SMILES string of the molecule is CCc1nn(CC)c(CN2CCCCC2CCCl)c1Cl. The molecule has 114 valence electrons. The first-order valence-electron chi connectivity index (χ1n) is 7.75. The summed E-state index contributed by atoms with van der Waals surface area (Å²) >= 11 is 12.5. The van der Waals surface area contributed by atoms with Gasteiger partial charge in [-0.05, 0) is 39.2 Å². The van der Waals surface area contributed by atoms with Gasteiger partial charge in [0.25, 0.3) is 0 Å². The number of alkyl halides is 1. The van der Waals surface area contributed by atoms with Crippen molar-refractivity contribution in [1.29, 1.82) is 0 Å². The summed E-state index contributed by atoms with van der Waals surface area (Å²) < 4.78 is 2.06. The van der Waals surface area contributed by atoms with Crippen LogP contribution in [-0.2, 0) is 19.5 Å². The summed E-state index contributed by atoms with van der Waals surface area (Å²) in [5, 5.41) is 5.48. The van der Waals surface area contributed by atoms with Crippen molar-refractivity contribution in [3.8, 4) is 0 Å². The zero-order valence-electron chi connectivity index (χ0n) is 12.5. The summed E-state index contributed by atoms with van der Waals surface area (Å²) in [6.07, 6.45) is 5.81. The second-order valence-electron chi connectivity index (χ2n) is 5.47. The van der Waals surface area contributed by atoms with E-state index < -0.39 is 0 Å². The maximum atomic E-state index is 6.52. The van der Waals surface area contributed by atoms with Crippen LogP contribution in [0.3, 0.4) is 0 Å². The molecule has 1 aromatic rings. The highest BCUT2D eigenvalue weighted by atomic mass is 35.5. The number of rotatable bonds is 6. The topological polar surface area (TPSA) is 21.1 Å². The van der Waals surface area contributed by atoms with Crippen molar-refractivity contribution in [2.75, 3.05) is 12.4 Å². The molecule has 0 aromatic carbocycles. The minimum absolute atomic E-state index is 0.600. The molecule has 0 aliphatic carbocycles. The lowest BCUT2D eigenvalue weighted by atomic mass is 10.00. The van der Waals surface area contributed by atoms with Gasteiger partial charge in [-0.3, -0.25) is 9.58 Å². The van der Waals surface area contributed by atoms with Gasteiger partial charge in [0, 0.05) is 25.0 Å². The molecule has 0 amide bonds. The molecule has 0 bridgehead atoms. The van der Waals surface area contributed by atoms with E-state index in [0.717, 1.165) is 49.1 Å². The standard InChI is InChI=1S/C15H25Cl2N3/c1-3-13-15(17)14(20(4-2)18-13)11-19-10-6-5-7-12(19)8-9-16/h12H,3-11H2,1-2H3. The van der Waals surface area contributed by atoms with Crippen LogP contribution in [0.25, 0.3) is 0 Å². The average Bonchev–Trinajstić information content (AvgIpc) is 2.77. The first-order chi connectivity index (χ1) is 9.71. The highest BCUT2D eigenvalue weighted by Crippen LogP contribution is 2.27. The van der Waals surface area contributed by atoms with Crippen LogP contribution < -0.4 is 0 Å². The molecule has 1 atom stereocenters. The predicted octanol–water partition coefficient (Wildman–Crippen LogP) is 4.10. The van der Waals surface area contributed by atoms with Gasteiger partial charge >= 0.3 is 0 Å². The van der Waals surface area contributed by atoms with E-state index in [1.165, 1.54) is 25.0 Å². The molecule has 1 unspecified atom stereocenters. The van der Waals surface area contributed by atoms with E-state index in [0.29, 0.717) is 6.04 Å². The highest BCUT2D eigenvalue weighted by molar-refractivity contribution is 6.31. The van der Waals surface area contributed by atoms with E-state index in [2.05, 4.69) is 28.5 Å². The molecule has 0 saturated carbocycles. The predicted molar refractivity (Wildman–Crippen MR) is 85.7 cm³/mol. The van der Waals surface area contributed by atoms with Crippen LogP contribution in [0.5, 0.6) is 0 Å². The summed E-state index contributed by atoms with van der Waals surface area (Å²) in [4.78, 5) is 2.54. The lowest BCUT2D eigenvalue weighted by Crippen LogP contribution is -2.39. The van der Waals surface area contributed by atoms with Crippen molar-refractivity contribution in [3.63, 3.8) is 0 Å². The maximum absolute atomic E-state index is 6.52. The smallest absolute Gasteiger partial charge is 0.0863 e. The van der Waals surface area contributed by atoms with Gasteiger partial charge in [-0.25, -0.2) is 0 Å². The van der Waals surface area contributed by atoms with Gasteiger partial charge in [0.05, 0.1) is 16.4 Å². The van der Waals surface area contributed by atoms with Gasteiger partial charge in [0.1, 0.15) is 0 Å². The summed E-state index contributed by atoms with van der Waals surface area (Å²) in [7, 11) is 0. The Balaban J connectivity index is 2.17. The third-order valence-corrected chi connectivity index (χ3v) is 4.89. The Morgan fingerprint density at radius 3 is 2.75 bits per heavy atom. The number of halogens is 2. The third kappa shape index (κ3) is 3.49. The summed E-state index contributed by atoms with van der Waals surface area (Å²) in [5.41, 5.74) is 2.20. The summed E-state index contributed by atoms with van der Waals surface area (Å²) in [6, 6.07) is 0.600. The molecular formula is C15H25Cl2N3. The quantitative estimate of drug-likeness (QED) is 0.736. The van der Waals surface area contributed by atoms with Crippen molar-refractivity contribution in [2.45, 2.75) is 65.1 Å². The van der Waals surface area contributed by atoms with Crippen molar-refractivity contribution in [3.05, 3.63) is 16.4 Å². The van der Waals surface area contributed by atoms with Gasteiger partial charge in [-0.1, -0.05) is 24.9 Å². The van der Waals surface area contributed by atoms with Crippen LogP contribution in [-0.4, -0.2) is 33.1 Å². The molecule has 5 heteroatoms. The van der Waals surface area contributed by atoms with Crippen molar-refractivity contribution in [1.82, 2.24) is 14.7 Å². The number of piperidine rings is 1. The number of likely N-dealkylation sites (tertiary alicyclic amines) is 1. The zero-order valence-corrected chi connectivity index (χ0v) is 14.1. The number of aromatic nitrogens is 2. The highest BCUT2D eigenvalue weighted by Gasteiger charge is 2.25. The molecule has 0 spiro atoms. The van der Waals surface area contributed by atoms with Crippen molar-refractivity contribution >= 4 is 23.2 Å². The fourth-order valence-electron chi connectivity index (χ4n) is 3.08. The van der Waals surface area contributed by atoms with Crippen LogP contribution in [0, 0.1) is 0 Å². The van der Waals surface area contributed by atoms with Gasteiger partial charge in [0.15, 0.2) is 0 Å². The number of hydrogen-bond acceptors (Lipinski definition) is 2. The maximum Gasteiger partial charge on any atom is 0.0863 e. The van der Waals surface area contributed by atoms with E-state index in [-0.39, 0.29) is 0 Å². The van der Waals surface area contributed by atoms with Crippen LogP contribution in [0.1, 0.15) is 50.9 Å². The Bertz CT molecular complexity index is 429. The third-order valence-electron chi connectivity index (χ3n) is 4.24. The molecule has 3 nitrogen and oxygen atoms in total. The van der Waals surface area contributed by atoms with E-state index in [1.54, 1.807) is 0 Å². The molecule has 1 aliphatic rings. The monoisotopic (exact) mass is 317 g/mol. The van der Waals surface area contributed by atoms with Crippen LogP contribution in [0.4, 0.5) is 0 Å². The van der Waals surface area contributed by atoms with Gasteiger partial charge in [-0.15, -0.1) is 11.6 Å². The van der Waals surface area contributed by atoms with Gasteiger partial charge < -0.3 is 0 Å². The second-order valence-corrected chi connectivity index (χ2v) is 6.23. The average molecular weight is 318 g/mol. The first-order valence-corrected chi connectivity index (χ1v) is 8.66. The van der Waals surface area contributed by atoms with E-state index in [1.807, 2.05) is 0 Å². The molecule has 1 fully saturated rings. The normalized spacial score (nSPS) is 20.5. The fourth-order valence-corrected chi connectivity index (χ4v) is 3.66. The fraction of sp³-hybridized carbons (Fsp3) is 0.800. The van der Waals surface area contributed by atoms with E-state index in [4.69, 9.17) is 23.2 Å². The Labute approximate surface area is 132 Å². The van der Waals surface area contributed by atoms with Crippen LogP contribution in [0.2, 0.25) is 5.02 Å². The lowest BCUT2D eigenvalue weighted by molar-refractivity contribution is 0.133. The molecule has 1 aromatic heterocycles. The molecule has 1 saturated heterocycles. The van der Waals surface area contributed by atoms with Gasteiger partial charge in [-0.2, -0.15) is 5.10 Å². The molecule has 2 rings (SSSR count). The first kappa shape index (κ1) is 16.1. The van der Waals surface area contributed by atoms with E-state index >= 15 is 0 Å². The van der Waals surface area contributed by atoms with Crippen LogP contribution >= 0.6 is 23.2 Å². The Hall–Kier alpha value is -0.250. The van der Waals surface area contributed by atoms with Crippen molar-refractivity contribution < 1.29 is 0 Å². The minimum Gasteiger partial charge on any atom is -0.294 e. The number of aryl methyl sites for hydroxylation is 2. The summed E-state index contributed by atoms with van der Waals surface area (Å²) in [5.74, 6) is 0.738. The molecule has 1 aliphatic heterocycles. The van der Waals surface area contributed by atoms with E-state index in [9.17, 15) is 0 Å². The van der Waals surface area contributed by atoms with Crippen LogP contribution in [0.15, 0.2) is 0 Å². The molecule has 20 heavy (non-hydrogen) atoms. The zero-order chi connectivity index (χ0) is 14.5. The summed E-state index contributed by atoms with van der Waals surface area (Å²) in [6.45, 7) is 7.16. The van der Waals surface area contributed by atoms with Crippen molar-refractivity contribution in [2.24, 2.45) is 0 Å². The second kappa shape index (κ2) is 7.67. The molecule has 0 radical (unpaired) electrons. The Morgan fingerprint density at radius 2 is 2.10 bits per heavy atom. The number of nitrogens with zero attached hydrogens (tertiary/aromatic N) is 3. The molecule has 0 N–H and O–H groups in total. The Kier molecular flexibility index (Phi) is 6.19. The minimum atomic E-state index is 0.600. The lowest BCUT2D eigenvalue weighted by Gasteiger charge is -2.35. The number of hydrogen-bond donors (Lipinski definition) is 0. The Morgan fingerprint density at radius 1 is 1.30 bits per heavy atom. The largest absolute Gasteiger partial charge is 0.294 e. The molecule has 2 heterocycles. The van der Waals surface area contributed by atoms with Gasteiger partial charge in [0.2, 0.25) is 0 Å².